The lowest BCUT2D eigenvalue weighted by atomic mass is 9.93. The molecular formula is C21H26F3N3O3. The van der Waals surface area contributed by atoms with Gasteiger partial charge in [-0.1, -0.05) is 19.9 Å². The van der Waals surface area contributed by atoms with E-state index in [-0.39, 0.29) is 23.7 Å². The second-order valence-electron chi connectivity index (χ2n) is 7.94. The minimum absolute atomic E-state index is 0.0758. The van der Waals surface area contributed by atoms with Crippen LogP contribution in [0.3, 0.4) is 0 Å². The van der Waals surface area contributed by atoms with Crippen LogP contribution in [-0.4, -0.2) is 49.3 Å². The first-order valence-electron chi connectivity index (χ1n) is 9.30. The second-order valence-corrected chi connectivity index (χ2v) is 7.94. The van der Waals surface area contributed by atoms with Crippen molar-refractivity contribution in [3.8, 4) is 11.5 Å². The number of halogens is 3. The molecule has 9 heteroatoms. The van der Waals surface area contributed by atoms with Crippen LogP contribution >= 0.6 is 0 Å². The van der Waals surface area contributed by atoms with Gasteiger partial charge in [-0.25, -0.2) is 0 Å². The lowest BCUT2D eigenvalue weighted by Gasteiger charge is -2.28. The fourth-order valence-electron chi connectivity index (χ4n) is 2.87. The highest BCUT2D eigenvalue weighted by atomic mass is 19.4. The van der Waals surface area contributed by atoms with E-state index in [0.717, 1.165) is 12.1 Å². The average Bonchev–Trinajstić information content (AvgIpc) is 2.64. The molecule has 1 aromatic carbocycles. The Morgan fingerprint density at radius 3 is 2.23 bits per heavy atom. The third-order valence-corrected chi connectivity index (χ3v) is 3.99. The number of pyridine rings is 1. The Labute approximate surface area is 174 Å². The van der Waals surface area contributed by atoms with Crippen molar-refractivity contribution in [1.29, 1.82) is 0 Å². The number of hydrogen-bond donors (Lipinski definition) is 1. The van der Waals surface area contributed by atoms with Gasteiger partial charge >= 0.3 is 6.36 Å². The molecule has 1 amide bonds. The van der Waals surface area contributed by atoms with Crippen LogP contribution < -0.4 is 14.8 Å². The van der Waals surface area contributed by atoms with Gasteiger partial charge in [-0.15, -0.1) is 13.2 Å². The largest absolute Gasteiger partial charge is 0.573 e. The van der Waals surface area contributed by atoms with E-state index in [0.29, 0.717) is 18.0 Å². The summed E-state index contributed by atoms with van der Waals surface area (Å²) >= 11 is 0. The fraction of sp³-hybridized carbons (Fsp3) is 0.429. The van der Waals surface area contributed by atoms with Crippen LogP contribution in [-0.2, 0) is 6.61 Å². The molecule has 0 unspecified atom stereocenters. The first-order valence-corrected chi connectivity index (χ1v) is 9.30. The van der Waals surface area contributed by atoms with E-state index in [9.17, 15) is 18.0 Å². The van der Waals surface area contributed by atoms with Gasteiger partial charge in [0.2, 0.25) is 0 Å². The number of ether oxygens (including phenoxy) is 2. The molecule has 0 saturated heterocycles. The molecular weight excluding hydrogens is 399 g/mol. The number of nitrogens with zero attached hydrogens (tertiary/aromatic N) is 2. The zero-order valence-electron chi connectivity index (χ0n) is 17.4. The van der Waals surface area contributed by atoms with E-state index in [1.54, 1.807) is 12.1 Å². The number of aromatic nitrogens is 1. The van der Waals surface area contributed by atoms with Gasteiger partial charge in [0.05, 0.1) is 0 Å². The van der Waals surface area contributed by atoms with Crippen molar-refractivity contribution in [3.63, 3.8) is 0 Å². The molecule has 0 saturated carbocycles. The Bertz CT molecular complexity index is 820. The van der Waals surface area contributed by atoms with Crippen molar-refractivity contribution in [2.45, 2.75) is 26.8 Å². The molecule has 0 bridgehead atoms. The summed E-state index contributed by atoms with van der Waals surface area (Å²) in [6, 6.07) is 8.43. The van der Waals surface area contributed by atoms with Gasteiger partial charge < -0.3 is 19.7 Å². The van der Waals surface area contributed by atoms with Crippen molar-refractivity contribution in [1.82, 2.24) is 15.2 Å². The lowest BCUT2D eigenvalue weighted by molar-refractivity contribution is -0.274. The topological polar surface area (TPSA) is 63.7 Å². The van der Waals surface area contributed by atoms with Gasteiger partial charge in [-0.3, -0.25) is 9.78 Å². The summed E-state index contributed by atoms with van der Waals surface area (Å²) in [6.45, 7) is 5.65. The number of carbonyl (C=O) groups excluding carboxylic acids is 1. The highest BCUT2D eigenvalue weighted by Crippen LogP contribution is 2.25. The zero-order valence-corrected chi connectivity index (χ0v) is 17.4. The molecule has 2 aromatic rings. The van der Waals surface area contributed by atoms with E-state index in [4.69, 9.17) is 4.74 Å². The Morgan fingerprint density at radius 1 is 1.07 bits per heavy atom. The van der Waals surface area contributed by atoms with Crippen molar-refractivity contribution >= 4 is 5.91 Å². The van der Waals surface area contributed by atoms with Crippen molar-refractivity contribution in [2.24, 2.45) is 5.41 Å². The summed E-state index contributed by atoms with van der Waals surface area (Å²) in [5.74, 6) is -0.190. The van der Waals surface area contributed by atoms with Gasteiger partial charge in [0, 0.05) is 24.8 Å². The molecule has 164 valence electrons. The number of amides is 1. The third-order valence-electron chi connectivity index (χ3n) is 3.99. The van der Waals surface area contributed by atoms with Gasteiger partial charge in [-0.05, 0) is 49.8 Å². The number of rotatable bonds is 9. The minimum atomic E-state index is -4.73. The van der Waals surface area contributed by atoms with Crippen molar-refractivity contribution in [2.75, 3.05) is 27.2 Å². The quantitative estimate of drug-likeness (QED) is 0.661. The molecule has 0 fully saturated rings. The van der Waals surface area contributed by atoms with Gasteiger partial charge in [0.1, 0.15) is 23.8 Å². The predicted octanol–water partition coefficient (Wildman–Crippen LogP) is 3.88. The summed E-state index contributed by atoms with van der Waals surface area (Å²) in [7, 11) is 3.97. The predicted molar refractivity (Wildman–Crippen MR) is 106 cm³/mol. The third kappa shape index (κ3) is 8.28. The number of carbonyl (C=O) groups is 1. The zero-order chi connectivity index (χ0) is 22.4. The molecule has 0 aliphatic carbocycles. The highest BCUT2D eigenvalue weighted by Gasteiger charge is 2.31. The van der Waals surface area contributed by atoms with Crippen LogP contribution in [0.15, 0.2) is 42.6 Å². The van der Waals surface area contributed by atoms with Crippen LogP contribution in [0, 0.1) is 5.41 Å². The standard InChI is InChI=1S/C21H26F3N3O3/c1-20(2,14-27(3)4)13-26-19(28)18-10-5-15(11-25-18)12-29-16-6-8-17(9-7-16)30-21(22,23)24/h5-11H,12-14H2,1-4H3,(H,26,28). The van der Waals surface area contributed by atoms with Crippen molar-refractivity contribution in [3.05, 3.63) is 53.9 Å². The average molecular weight is 425 g/mol. The Kier molecular flexibility index (Phi) is 7.66. The van der Waals surface area contributed by atoms with Gasteiger partial charge in [0.15, 0.2) is 0 Å². The van der Waals surface area contributed by atoms with Crippen LogP contribution in [0.2, 0.25) is 0 Å². The Morgan fingerprint density at radius 2 is 1.70 bits per heavy atom. The van der Waals surface area contributed by atoms with E-state index >= 15 is 0 Å². The number of nitrogens with one attached hydrogen (secondary N) is 1. The summed E-state index contributed by atoms with van der Waals surface area (Å²) in [5.41, 5.74) is 0.941. The number of hydrogen-bond acceptors (Lipinski definition) is 5. The van der Waals surface area contributed by atoms with Gasteiger partial charge in [0.25, 0.3) is 5.91 Å². The molecule has 0 radical (unpaired) electrons. The Balaban J connectivity index is 1.85. The van der Waals surface area contributed by atoms with E-state index in [2.05, 4.69) is 33.8 Å². The van der Waals surface area contributed by atoms with E-state index in [1.807, 2.05) is 14.1 Å². The molecule has 30 heavy (non-hydrogen) atoms. The maximum atomic E-state index is 12.3. The van der Waals surface area contributed by atoms with Crippen LogP contribution in [0.1, 0.15) is 29.9 Å². The monoisotopic (exact) mass is 425 g/mol. The van der Waals surface area contributed by atoms with Crippen LogP contribution in [0.25, 0.3) is 0 Å². The lowest BCUT2D eigenvalue weighted by Crippen LogP contribution is -2.40. The molecule has 0 aliphatic rings. The number of alkyl halides is 3. The molecule has 1 aromatic heterocycles. The molecule has 1 heterocycles. The van der Waals surface area contributed by atoms with E-state index in [1.165, 1.54) is 30.5 Å². The van der Waals surface area contributed by atoms with Crippen molar-refractivity contribution < 1.29 is 27.4 Å². The van der Waals surface area contributed by atoms with Gasteiger partial charge in [-0.2, -0.15) is 0 Å². The smallest absolute Gasteiger partial charge is 0.489 e. The molecule has 0 atom stereocenters. The first kappa shape index (κ1) is 23.5. The highest BCUT2D eigenvalue weighted by molar-refractivity contribution is 5.92. The molecule has 0 spiro atoms. The SMILES string of the molecule is CN(C)CC(C)(C)CNC(=O)c1ccc(COc2ccc(OC(F)(F)F)cc2)cn1. The maximum absolute atomic E-state index is 12.3. The fourth-order valence-corrected chi connectivity index (χ4v) is 2.87. The van der Waals surface area contributed by atoms with E-state index < -0.39 is 6.36 Å². The van der Waals surface area contributed by atoms with Crippen LogP contribution in [0.4, 0.5) is 13.2 Å². The Hall–Kier alpha value is -2.81. The molecule has 0 aliphatic heterocycles. The molecule has 6 nitrogen and oxygen atoms in total. The minimum Gasteiger partial charge on any atom is -0.489 e. The molecule has 2 rings (SSSR count). The first-order chi connectivity index (χ1) is 13.9. The number of benzene rings is 1. The van der Waals surface area contributed by atoms with Crippen LogP contribution in [0.5, 0.6) is 11.5 Å². The summed E-state index contributed by atoms with van der Waals surface area (Å²) < 4.78 is 45.8. The maximum Gasteiger partial charge on any atom is 0.573 e. The normalized spacial score (nSPS) is 12.0. The summed E-state index contributed by atoms with van der Waals surface area (Å²) in [5, 5.41) is 2.89. The summed E-state index contributed by atoms with van der Waals surface area (Å²) in [4.78, 5) is 18.5. The molecule has 1 N–H and O–H groups in total. The second kappa shape index (κ2) is 9.80. The summed E-state index contributed by atoms with van der Waals surface area (Å²) in [6.07, 6.45) is -3.20.